The molecule has 2 aromatic rings. The zero-order valence-corrected chi connectivity index (χ0v) is 13.7. The van der Waals surface area contributed by atoms with E-state index in [0.29, 0.717) is 11.4 Å². The highest BCUT2D eigenvalue weighted by Gasteiger charge is 2.24. The molecule has 0 bridgehead atoms. The number of rotatable bonds is 3. The molecular formula is C12H13IN2O3S. The molecule has 19 heavy (non-hydrogen) atoms. The lowest BCUT2D eigenvalue weighted by Crippen LogP contribution is -2.14. The molecule has 1 aromatic heterocycles. The van der Waals surface area contributed by atoms with E-state index in [1.807, 2.05) is 13.0 Å². The first-order valence-electron chi connectivity index (χ1n) is 5.53. The van der Waals surface area contributed by atoms with Crippen LogP contribution in [0.3, 0.4) is 0 Å². The van der Waals surface area contributed by atoms with Gasteiger partial charge in [-0.25, -0.2) is 8.42 Å². The maximum Gasteiger partial charge on any atom is 0.267 e. The van der Waals surface area contributed by atoms with Crippen LogP contribution in [-0.4, -0.2) is 13.6 Å². The van der Waals surface area contributed by atoms with Crippen molar-refractivity contribution in [3.05, 3.63) is 38.8 Å². The molecule has 0 atom stereocenters. The number of anilines is 1. The Morgan fingerprint density at radius 3 is 2.47 bits per heavy atom. The highest BCUT2D eigenvalue weighted by Crippen LogP contribution is 2.24. The normalized spacial score (nSPS) is 11.6. The van der Waals surface area contributed by atoms with E-state index < -0.39 is 10.0 Å². The number of hydrogen-bond donors (Lipinski definition) is 1. The Bertz CT molecular complexity index is 703. The lowest BCUT2D eigenvalue weighted by atomic mass is 10.2. The molecule has 0 fully saturated rings. The molecule has 1 N–H and O–H groups in total. The molecule has 0 aliphatic rings. The van der Waals surface area contributed by atoms with Gasteiger partial charge < -0.3 is 4.52 Å². The second kappa shape index (κ2) is 5.12. The van der Waals surface area contributed by atoms with Crippen molar-refractivity contribution in [2.24, 2.45) is 0 Å². The molecule has 0 aliphatic heterocycles. The van der Waals surface area contributed by atoms with Gasteiger partial charge in [-0.1, -0.05) is 11.2 Å². The minimum absolute atomic E-state index is 0.100. The SMILES string of the molecule is Cc1ccc(NS(=O)(=O)c2c(C)noc2C)cc1I. The fourth-order valence-electron chi connectivity index (χ4n) is 1.72. The van der Waals surface area contributed by atoms with E-state index in [0.717, 1.165) is 9.13 Å². The fraction of sp³-hybridized carbons (Fsp3) is 0.250. The summed E-state index contributed by atoms with van der Waals surface area (Å²) in [5.74, 6) is 0.284. The van der Waals surface area contributed by atoms with Gasteiger partial charge in [0.05, 0.1) is 0 Å². The third kappa shape index (κ3) is 2.92. The molecule has 7 heteroatoms. The van der Waals surface area contributed by atoms with Gasteiger partial charge in [0.15, 0.2) is 10.7 Å². The number of aryl methyl sites for hydroxylation is 3. The maximum atomic E-state index is 12.3. The van der Waals surface area contributed by atoms with Crippen molar-refractivity contribution < 1.29 is 12.9 Å². The maximum absolute atomic E-state index is 12.3. The monoisotopic (exact) mass is 392 g/mol. The lowest BCUT2D eigenvalue weighted by Gasteiger charge is -2.08. The molecule has 0 radical (unpaired) electrons. The van der Waals surface area contributed by atoms with Gasteiger partial charge in [0.2, 0.25) is 0 Å². The first kappa shape index (κ1) is 14.3. The number of benzene rings is 1. The number of nitrogens with zero attached hydrogens (tertiary/aromatic N) is 1. The number of nitrogens with one attached hydrogen (secondary N) is 1. The largest absolute Gasteiger partial charge is 0.360 e. The molecule has 2 rings (SSSR count). The second-order valence-corrected chi connectivity index (χ2v) is 7.00. The summed E-state index contributed by atoms with van der Waals surface area (Å²) < 4.78 is 33.0. The van der Waals surface area contributed by atoms with E-state index in [-0.39, 0.29) is 10.7 Å². The van der Waals surface area contributed by atoms with Gasteiger partial charge in [0, 0.05) is 9.26 Å². The lowest BCUT2D eigenvalue weighted by molar-refractivity contribution is 0.390. The van der Waals surface area contributed by atoms with Crippen LogP contribution in [0, 0.1) is 24.3 Å². The van der Waals surface area contributed by atoms with Crippen LogP contribution in [0.4, 0.5) is 5.69 Å². The van der Waals surface area contributed by atoms with E-state index >= 15 is 0 Å². The molecule has 5 nitrogen and oxygen atoms in total. The van der Waals surface area contributed by atoms with E-state index in [1.165, 1.54) is 0 Å². The smallest absolute Gasteiger partial charge is 0.267 e. The molecule has 102 valence electrons. The average molecular weight is 392 g/mol. The van der Waals surface area contributed by atoms with Crippen LogP contribution in [0.15, 0.2) is 27.6 Å². The number of halogens is 1. The van der Waals surface area contributed by atoms with Crippen LogP contribution in [0.2, 0.25) is 0 Å². The van der Waals surface area contributed by atoms with E-state index in [2.05, 4.69) is 32.5 Å². The van der Waals surface area contributed by atoms with Crippen LogP contribution < -0.4 is 4.72 Å². The molecule has 0 saturated carbocycles. The minimum atomic E-state index is -3.67. The summed E-state index contributed by atoms with van der Waals surface area (Å²) in [5, 5.41) is 3.66. The molecule has 0 saturated heterocycles. The molecule has 0 amide bonds. The highest BCUT2D eigenvalue weighted by molar-refractivity contribution is 14.1. The Balaban J connectivity index is 2.39. The van der Waals surface area contributed by atoms with Crippen molar-refractivity contribution in [2.75, 3.05) is 4.72 Å². The van der Waals surface area contributed by atoms with Gasteiger partial charge in [-0.3, -0.25) is 4.72 Å². The first-order chi connectivity index (χ1) is 8.81. The Kier molecular flexibility index (Phi) is 3.86. The van der Waals surface area contributed by atoms with Crippen LogP contribution in [0.25, 0.3) is 0 Å². The topological polar surface area (TPSA) is 72.2 Å². The van der Waals surface area contributed by atoms with Gasteiger partial charge in [-0.05, 0) is 61.1 Å². The zero-order chi connectivity index (χ0) is 14.2. The minimum Gasteiger partial charge on any atom is -0.360 e. The van der Waals surface area contributed by atoms with Gasteiger partial charge in [0.25, 0.3) is 10.0 Å². The zero-order valence-electron chi connectivity index (χ0n) is 10.7. The number of sulfonamides is 1. The summed E-state index contributed by atoms with van der Waals surface area (Å²) >= 11 is 2.16. The molecule has 0 unspecified atom stereocenters. The molecule has 0 spiro atoms. The van der Waals surface area contributed by atoms with E-state index in [9.17, 15) is 8.42 Å². The third-order valence-corrected chi connectivity index (χ3v) is 5.45. The summed E-state index contributed by atoms with van der Waals surface area (Å²) in [7, 11) is -3.67. The van der Waals surface area contributed by atoms with Gasteiger partial charge in [-0.15, -0.1) is 0 Å². The van der Waals surface area contributed by atoms with Crippen molar-refractivity contribution in [3.63, 3.8) is 0 Å². The first-order valence-corrected chi connectivity index (χ1v) is 8.09. The van der Waals surface area contributed by atoms with Crippen molar-refractivity contribution in [1.82, 2.24) is 5.16 Å². The number of aromatic nitrogens is 1. The fourth-order valence-corrected chi connectivity index (χ4v) is 3.62. The molecule has 1 aromatic carbocycles. The Morgan fingerprint density at radius 1 is 1.26 bits per heavy atom. The van der Waals surface area contributed by atoms with E-state index in [1.54, 1.807) is 26.0 Å². The predicted octanol–water partition coefficient (Wildman–Crippen LogP) is 3.01. The van der Waals surface area contributed by atoms with Crippen LogP contribution >= 0.6 is 22.6 Å². The number of hydrogen-bond acceptors (Lipinski definition) is 4. The molecule has 0 aliphatic carbocycles. The second-order valence-electron chi connectivity index (χ2n) is 4.22. The van der Waals surface area contributed by atoms with Crippen LogP contribution in [-0.2, 0) is 10.0 Å². The van der Waals surface area contributed by atoms with Crippen molar-refractivity contribution in [3.8, 4) is 0 Å². The van der Waals surface area contributed by atoms with E-state index in [4.69, 9.17) is 4.52 Å². The van der Waals surface area contributed by atoms with Gasteiger partial charge in [0.1, 0.15) is 5.69 Å². The average Bonchev–Trinajstić information content (AvgIpc) is 2.64. The van der Waals surface area contributed by atoms with Crippen molar-refractivity contribution in [2.45, 2.75) is 25.7 Å². The summed E-state index contributed by atoms with van der Waals surface area (Å²) in [6.45, 7) is 5.14. The summed E-state index contributed by atoms with van der Waals surface area (Å²) in [6.07, 6.45) is 0. The third-order valence-electron chi connectivity index (χ3n) is 2.66. The predicted molar refractivity (Wildman–Crippen MR) is 80.7 cm³/mol. The van der Waals surface area contributed by atoms with Crippen molar-refractivity contribution in [1.29, 1.82) is 0 Å². The van der Waals surface area contributed by atoms with Crippen molar-refractivity contribution >= 4 is 38.3 Å². The summed E-state index contributed by atoms with van der Waals surface area (Å²) in [4.78, 5) is 0.100. The highest BCUT2D eigenvalue weighted by atomic mass is 127. The van der Waals surface area contributed by atoms with Crippen LogP contribution in [0.1, 0.15) is 17.0 Å². The summed E-state index contributed by atoms with van der Waals surface area (Å²) in [5.41, 5.74) is 1.97. The Labute approximate surface area is 125 Å². The van der Waals surface area contributed by atoms with Gasteiger partial charge >= 0.3 is 0 Å². The van der Waals surface area contributed by atoms with Gasteiger partial charge in [-0.2, -0.15) is 0 Å². The quantitative estimate of drug-likeness (QED) is 0.816. The summed E-state index contributed by atoms with van der Waals surface area (Å²) in [6, 6.07) is 5.38. The molecular weight excluding hydrogens is 379 g/mol. The van der Waals surface area contributed by atoms with Crippen LogP contribution in [0.5, 0.6) is 0 Å². The standard InChI is InChI=1S/C12H13IN2O3S/c1-7-4-5-10(6-11(7)13)15-19(16,17)12-8(2)14-18-9(12)3/h4-6,15H,1-3H3. The molecule has 1 heterocycles. The Hall–Kier alpha value is -1.09. The Morgan fingerprint density at radius 2 is 1.95 bits per heavy atom.